The highest BCUT2D eigenvalue weighted by atomic mass is 16.3. The summed E-state index contributed by atoms with van der Waals surface area (Å²) in [6.07, 6.45) is 0. The van der Waals surface area contributed by atoms with Gasteiger partial charge in [-0.3, -0.25) is 0 Å². The molecule has 5 nitrogen and oxygen atoms in total. The van der Waals surface area contributed by atoms with Crippen molar-refractivity contribution in [2.45, 2.75) is 0 Å². The summed E-state index contributed by atoms with van der Waals surface area (Å²) in [4.78, 5) is 0. The monoisotopic (exact) mass is 561 g/mol. The van der Waals surface area contributed by atoms with Gasteiger partial charge in [-0.1, -0.05) is 54.6 Å². The van der Waals surface area contributed by atoms with E-state index in [0.717, 1.165) is 66.1 Å². The van der Waals surface area contributed by atoms with Crippen LogP contribution in [0.4, 0.5) is 0 Å². The van der Waals surface area contributed by atoms with Gasteiger partial charge in [0.2, 0.25) is 0 Å². The fourth-order valence-electron chi connectivity index (χ4n) is 6.11. The molecule has 8 aromatic rings. The largest absolute Gasteiger partial charge is 0.456 e. The molecule has 0 fully saturated rings. The van der Waals surface area contributed by atoms with Gasteiger partial charge in [0.05, 0.1) is 28.8 Å². The van der Waals surface area contributed by atoms with Crippen LogP contribution in [0.2, 0.25) is 0 Å². The van der Waals surface area contributed by atoms with Crippen molar-refractivity contribution in [2.24, 2.45) is 0 Å². The third-order valence-electron chi connectivity index (χ3n) is 8.21. The molecule has 0 saturated carbocycles. The topological polar surface area (TPSA) is 97.7 Å². The van der Waals surface area contributed by atoms with Gasteiger partial charge in [0.25, 0.3) is 0 Å². The molecule has 0 unspecified atom stereocenters. The van der Waals surface area contributed by atoms with Crippen molar-refractivity contribution in [1.82, 2.24) is 0 Å². The summed E-state index contributed by atoms with van der Waals surface area (Å²) >= 11 is 0. The number of para-hydroxylation sites is 2. The zero-order chi connectivity index (χ0) is 29.8. The van der Waals surface area contributed by atoms with E-state index >= 15 is 0 Å². The number of hydrogen-bond donors (Lipinski definition) is 0. The Morgan fingerprint density at radius 1 is 0.409 bits per heavy atom. The quantitative estimate of drug-likeness (QED) is 0.214. The minimum atomic E-state index is 0.330. The lowest BCUT2D eigenvalue weighted by atomic mass is 9.86. The maximum Gasteiger partial charge on any atom is 0.135 e. The second-order valence-corrected chi connectivity index (χ2v) is 10.7. The van der Waals surface area contributed by atoms with Gasteiger partial charge in [0, 0.05) is 38.2 Å². The van der Waals surface area contributed by atoms with Gasteiger partial charge < -0.3 is 8.83 Å². The van der Waals surface area contributed by atoms with Crippen molar-refractivity contribution in [3.8, 4) is 51.6 Å². The lowest BCUT2D eigenvalue weighted by Gasteiger charge is -2.15. The Bertz CT molecular complexity index is 2600. The fourth-order valence-corrected chi connectivity index (χ4v) is 6.11. The molecule has 2 heterocycles. The molecule has 0 saturated heterocycles. The Kier molecular flexibility index (Phi) is 5.56. The first-order valence-corrected chi connectivity index (χ1v) is 14.0. The number of hydrogen-bond acceptors (Lipinski definition) is 5. The smallest absolute Gasteiger partial charge is 0.135 e. The summed E-state index contributed by atoms with van der Waals surface area (Å²) in [5.41, 5.74) is 8.95. The van der Waals surface area contributed by atoms with Crippen LogP contribution < -0.4 is 0 Å². The molecule has 8 rings (SSSR count). The predicted octanol–water partition coefficient (Wildman–Crippen LogP) is 10.1. The number of rotatable bonds is 3. The molecule has 0 aliphatic carbocycles. The van der Waals surface area contributed by atoms with Crippen molar-refractivity contribution in [3.05, 3.63) is 132 Å². The molecule has 2 aromatic heterocycles. The molecule has 0 aliphatic rings. The SMILES string of the molecule is N#Cc1ccc(-c2cc(-c3ccc4oc5ccccc5c4c3)cc(-c3ccc4oc5ccccc5c4c3)c2C#N)c(C#N)c1. The van der Waals surface area contributed by atoms with Crippen molar-refractivity contribution < 1.29 is 8.83 Å². The fraction of sp³-hybridized carbons (Fsp3) is 0. The second-order valence-electron chi connectivity index (χ2n) is 10.7. The maximum atomic E-state index is 10.6. The molecule has 0 spiro atoms. The van der Waals surface area contributed by atoms with E-state index in [4.69, 9.17) is 8.83 Å². The summed E-state index contributed by atoms with van der Waals surface area (Å²) in [5.74, 6) is 0. The summed E-state index contributed by atoms with van der Waals surface area (Å²) in [7, 11) is 0. The Morgan fingerprint density at radius 3 is 1.64 bits per heavy atom. The number of nitrogens with zero attached hydrogens (tertiary/aromatic N) is 3. The number of benzene rings is 6. The zero-order valence-electron chi connectivity index (χ0n) is 23.1. The molecule has 0 atom stereocenters. The summed E-state index contributed by atoms with van der Waals surface area (Å²) in [6, 6.07) is 43.6. The average Bonchev–Trinajstić information content (AvgIpc) is 3.65. The lowest BCUT2D eigenvalue weighted by Crippen LogP contribution is -1.95. The van der Waals surface area contributed by atoms with E-state index in [0.29, 0.717) is 27.8 Å². The van der Waals surface area contributed by atoms with E-state index < -0.39 is 0 Å². The van der Waals surface area contributed by atoms with E-state index in [2.05, 4.69) is 30.3 Å². The van der Waals surface area contributed by atoms with Crippen LogP contribution >= 0.6 is 0 Å². The molecule has 6 aromatic carbocycles. The molecular formula is C39H19N3O2. The normalized spacial score (nSPS) is 11.1. The highest BCUT2D eigenvalue weighted by molar-refractivity contribution is 6.08. The van der Waals surface area contributed by atoms with Gasteiger partial charge in [-0.2, -0.15) is 15.8 Å². The second kappa shape index (κ2) is 9.74. The van der Waals surface area contributed by atoms with Crippen LogP contribution in [-0.4, -0.2) is 0 Å². The zero-order valence-corrected chi connectivity index (χ0v) is 23.1. The molecule has 0 radical (unpaired) electrons. The van der Waals surface area contributed by atoms with E-state index in [9.17, 15) is 15.8 Å². The standard InChI is InChI=1S/C39H19N3O2/c40-20-23-9-12-28(27(15-23)21-41)32-19-26(24-10-13-38-33(16-24)29-5-1-3-7-36(29)43-38)18-31(35(32)22-42)25-11-14-39-34(17-25)30-6-2-4-8-37(30)44-39/h1-19H. The highest BCUT2D eigenvalue weighted by Crippen LogP contribution is 2.41. The van der Waals surface area contributed by atoms with Crippen LogP contribution in [0.5, 0.6) is 0 Å². The molecule has 5 heteroatoms. The van der Waals surface area contributed by atoms with Crippen molar-refractivity contribution in [3.63, 3.8) is 0 Å². The molecule has 0 N–H and O–H groups in total. The Morgan fingerprint density at radius 2 is 1.00 bits per heavy atom. The van der Waals surface area contributed by atoms with E-state index in [-0.39, 0.29) is 0 Å². The predicted molar refractivity (Wildman–Crippen MR) is 171 cm³/mol. The molecule has 0 amide bonds. The minimum Gasteiger partial charge on any atom is -0.456 e. The van der Waals surface area contributed by atoms with Crippen LogP contribution in [0.25, 0.3) is 77.3 Å². The van der Waals surface area contributed by atoms with Gasteiger partial charge in [0.15, 0.2) is 0 Å². The third-order valence-corrected chi connectivity index (χ3v) is 8.21. The molecule has 44 heavy (non-hydrogen) atoms. The van der Waals surface area contributed by atoms with Crippen LogP contribution in [0.3, 0.4) is 0 Å². The lowest BCUT2D eigenvalue weighted by molar-refractivity contribution is 0.668. The maximum absolute atomic E-state index is 10.6. The van der Waals surface area contributed by atoms with Crippen LogP contribution in [-0.2, 0) is 0 Å². The summed E-state index contributed by atoms with van der Waals surface area (Å²) in [5, 5.41) is 34.1. The van der Waals surface area contributed by atoms with Crippen molar-refractivity contribution >= 4 is 43.9 Å². The first-order chi connectivity index (χ1) is 21.6. The van der Waals surface area contributed by atoms with E-state index in [1.54, 1.807) is 18.2 Å². The number of nitriles is 3. The van der Waals surface area contributed by atoms with Gasteiger partial charge in [-0.05, 0) is 77.4 Å². The molecule has 202 valence electrons. The van der Waals surface area contributed by atoms with Gasteiger partial charge in [-0.15, -0.1) is 0 Å². The third kappa shape index (κ3) is 3.84. The van der Waals surface area contributed by atoms with Crippen LogP contribution in [0, 0.1) is 34.0 Å². The number of furan rings is 2. The first kappa shape index (κ1) is 25.1. The van der Waals surface area contributed by atoms with Gasteiger partial charge in [-0.25, -0.2) is 0 Å². The molecule has 0 bridgehead atoms. The summed E-state index contributed by atoms with van der Waals surface area (Å²) < 4.78 is 12.1. The van der Waals surface area contributed by atoms with E-state index in [1.165, 1.54) is 0 Å². The Balaban J connectivity index is 1.43. The Labute approximate surface area is 251 Å². The van der Waals surface area contributed by atoms with Gasteiger partial charge >= 0.3 is 0 Å². The average molecular weight is 562 g/mol. The molecule has 0 aliphatic heterocycles. The highest BCUT2D eigenvalue weighted by Gasteiger charge is 2.20. The number of fused-ring (bicyclic) bond motifs is 6. The van der Waals surface area contributed by atoms with E-state index in [1.807, 2.05) is 84.9 Å². The van der Waals surface area contributed by atoms with Gasteiger partial charge in [0.1, 0.15) is 28.4 Å². The van der Waals surface area contributed by atoms with Crippen molar-refractivity contribution in [2.75, 3.05) is 0 Å². The van der Waals surface area contributed by atoms with Crippen LogP contribution in [0.1, 0.15) is 16.7 Å². The minimum absolute atomic E-state index is 0.330. The Hall–Kier alpha value is -6.61. The van der Waals surface area contributed by atoms with Crippen molar-refractivity contribution in [1.29, 1.82) is 15.8 Å². The van der Waals surface area contributed by atoms with Crippen LogP contribution in [0.15, 0.2) is 124 Å². The summed E-state index contributed by atoms with van der Waals surface area (Å²) in [6.45, 7) is 0. The first-order valence-electron chi connectivity index (χ1n) is 14.0. The molecular weight excluding hydrogens is 542 g/mol.